The number of hydrogen-bond donors (Lipinski definition) is 4. The van der Waals surface area contributed by atoms with Crippen LogP contribution in [0.5, 0.6) is 11.5 Å². The Morgan fingerprint density at radius 2 is 1.89 bits per heavy atom. The highest BCUT2D eigenvalue weighted by Crippen LogP contribution is 2.34. The molecule has 1 aliphatic rings. The quantitative estimate of drug-likeness (QED) is 0.358. The molecule has 3 amide bonds. The van der Waals surface area contributed by atoms with Crippen LogP contribution in [0.25, 0.3) is 6.08 Å². The molecule has 9 nitrogen and oxygen atoms in total. The summed E-state index contributed by atoms with van der Waals surface area (Å²) in [5.41, 5.74) is 0.258. The second-order valence-electron chi connectivity index (χ2n) is 6.07. The summed E-state index contributed by atoms with van der Waals surface area (Å²) in [5, 5.41) is 29.6. The van der Waals surface area contributed by atoms with Gasteiger partial charge in [-0.3, -0.25) is 24.1 Å². The molecule has 1 aromatic rings. The molecule has 4 N–H and O–H groups in total. The Labute approximate surface area is 165 Å². The van der Waals surface area contributed by atoms with E-state index in [1.165, 1.54) is 18.2 Å². The molecular formula is C18H20N2O7S. The van der Waals surface area contributed by atoms with E-state index in [4.69, 9.17) is 5.11 Å². The lowest BCUT2D eigenvalue weighted by Crippen LogP contribution is -2.39. The van der Waals surface area contributed by atoms with Crippen LogP contribution in [-0.4, -0.2) is 56.3 Å². The van der Waals surface area contributed by atoms with E-state index in [1.54, 1.807) is 0 Å². The SMILES string of the molecule is O=C(O)CCCCCNC(=O)CN1C(=O)S/C(=C\c2ccc(O)cc2O)C1=O. The minimum absolute atomic E-state index is 0.0625. The molecule has 0 aromatic heterocycles. The highest BCUT2D eigenvalue weighted by Gasteiger charge is 2.36. The van der Waals surface area contributed by atoms with E-state index in [1.807, 2.05) is 0 Å². The topological polar surface area (TPSA) is 144 Å². The van der Waals surface area contributed by atoms with Crippen molar-refractivity contribution in [1.29, 1.82) is 0 Å². The van der Waals surface area contributed by atoms with Crippen LogP contribution in [0.15, 0.2) is 23.1 Å². The molecule has 0 spiro atoms. The molecule has 0 bridgehead atoms. The van der Waals surface area contributed by atoms with E-state index in [2.05, 4.69) is 5.32 Å². The number of aromatic hydroxyl groups is 2. The molecule has 1 heterocycles. The number of carboxylic acid groups (broad SMARTS) is 1. The van der Waals surface area contributed by atoms with Crippen LogP contribution < -0.4 is 5.32 Å². The van der Waals surface area contributed by atoms with Gasteiger partial charge in [-0.05, 0) is 42.8 Å². The fourth-order valence-electron chi connectivity index (χ4n) is 2.44. The van der Waals surface area contributed by atoms with Gasteiger partial charge in [0, 0.05) is 24.6 Å². The number of hydrogen-bond acceptors (Lipinski definition) is 7. The number of carbonyl (C=O) groups is 4. The molecule has 2 rings (SSSR count). The van der Waals surface area contributed by atoms with Crippen molar-refractivity contribution in [2.75, 3.05) is 13.1 Å². The number of nitrogens with one attached hydrogen (secondary N) is 1. The number of benzene rings is 1. The van der Waals surface area contributed by atoms with Gasteiger partial charge in [-0.2, -0.15) is 0 Å². The van der Waals surface area contributed by atoms with Crippen LogP contribution in [0.3, 0.4) is 0 Å². The fourth-order valence-corrected chi connectivity index (χ4v) is 3.27. The van der Waals surface area contributed by atoms with Crippen molar-refractivity contribution >= 4 is 40.9 Å². The second kappa shape index (κ2) is 9.79. The maximum absolute atomic E-state index is 12.4. The van der Waals surface area contributed by atoms with Crippen LogP contribution in [-0.2, 0) is 14.4 Å². The number of aliphatic carboxylic acids is 1. The third-order valence-electron chi connectivity index (χ3n) is 3.87. The smallest absolute Gasteiger partial charge is 0.303 e. The van der Waals surface area contributed by atoms with Crippen molar-refractivity contribution < 1.29 is 34.5 Å². The summed E-state index contributed by atoms with van der Waals surface area (Å²) in [5.74, 6) is -2.37. The Morgan fingerprint density at radius 3 is 2.57 bits per heavy atom. The Morgan fingerprint density at radius 1 is 1.14 bits per heavy atom. The Hall–Kier alpha value is -3.01. The number of rotatable bonds is 9. The van der Waals surface area contributed by atoms with Crippen molar-refractivity contribution in [3.05, 3.63) is 28.7 Å². The number of thioether (sulfide) groups is 1. The number of imide groups is 1. The average molecular weight is 408 g/mol. The predicted octanol–water partition coefficient (Wildman–Crippen LogP) is 1.90. The number of amides is 3. The zero-order valence-electron chi connectivity index (χ0n) is 14.9. The lowest BCUT2D eigenvalue weighted by Gasteiger charge is -2.12. The van der Waals surface area contributed by atoms with Crippen LogP contribution >= 0.6 is 11.8 Å². The van der Waals surface area contributed by atoms with Crippen molar-refractivity contribution in [2.45, 2.75) is 25.7 Å². The molecule has 0 unspecified atom stereocenters. The van der Waals surface area contributed by atoms with Crippen molar-refractivity contribution in [1.82, 2.24) is 10.2 Å². The normalized spacial score (nSPS) is 15.3. The number of carboxylic acids is 1. The minimum Gasteiger partial charge on any atom is -0.508 e. The van der Waals surface area contributed by atoms with Gasteiger partial charge in [-0.25, -0.2) is 0 Å². The first kappa shape index (κ1) is 21.3. The Bertz CT molecular complexity index is 822. The summed E-state index contributed by atoms with van der Waals surface area (Å²) in [4.78, 5) is 47.6. The van der Waals surface area contributed by atoms with Crippen LogP contribution in [0.2, 0.25) is 0 Å². The van der Waals surface area contributed by atoms with Gasteiger partial charge in [0.25, 0.3) is 11.1 Å². The molecule has 10 heteroatoms. The highest BCUT2D eigenvalue weighted by atomic mass is 32.2. The Balaban J connectivity index is 1.86. The van der Waals surface area contributed by atoms with E-state index < -0.39 is 29.6 Å². The highest BCUT2D eigenvalue weighted by molar-refractivity contribution is 8.18. The summed E-state index contributed by atoms with van der Waals surface area (Å²) in [6.07, 6.45) is 3.16. The molecule has 150 valence electrons. The predicted molar refractivity (Wildman–Crippen MR) is 102 cm³/mol. The lowest BCUT2D eigenvalue weighted by molar-refractivity contribution is -0.137. The van der Waals surface area contributed by atoms with Gasteiger partial charge in [0.15, 0.2) is 0 Å². The monoisotopic (exact) mass is 408 g/mol. The molecule has 0 atom stereocenters. The minimum atomic E-state index is -0.864. The first-order valence-corrected chi connectivity index (χ1v) is 9.35. The maximum Gasteiger partial charge on any atom is 0.303 e. The summed E-state index contributed by atoms with van der Waals surface area (Å²) in [6.45, 7) is -0.0927. The third-order valence-corrected chi connectivity index (χ3v) is 4.77. The number of phenols is 2. The maximum atomic E-state index is 12.4. The summed E-state index contributed by atoms with van der Waals surface area (Å²) in [7, 11) is 0. The lowest BCUT2D eigenvalue weighted by atomic mass is 10.1. The first-order chi connectivity index (χ1) is 13.3. The van der Waals surface area contributed by atoms with Gasteiger partial charge in [-0.15, -0.1) is 0 Å². The van der Waals surface area contributed by atoms with E-state index in [-0.39, 0.29) is 28.4 Å². The molecule has 0 aliphatic carbocycles. The van der Waals surface area contributed by atoms with Crippen molar-refractivity contribution in [2.24, 2.45) is 0 Å². The molecular weight excluding hydrogens is 388 g/mol. The first-order valence-electron chi connectivity index (χ1n) is 8.54. The van der Waals surface area contributed by atoms with E-state index in [9.17, 15) is 29.4 Å². The zero-order chi connectivity index (χ0) is 20.7. The number of phenolic OH excluding ortho intramolecular Hbond substituents is 2. The molecule has 28 heavy (non-hydrogen) atoms. The van der Waals surface area contributed by atoms with E-state index >= 15 is 0 Å². The van der Waals surface area contributed by atoms with Gasteiger partial charge in [0.2, 0.25) is 5.91 Å². The average Bonchev–Trinajstić information content (AvgIpc) is 2.87. The van der Waals surface area contributed by atoms with Gasteiger partial charge in [0.1, 0.15) is 18.0 Å². The summed E-state index contributed by atoms with van der Waals surface area (Å²) in [6, 6.07) is 3.84. The van der Waals surface area contributed by atoms with E-state index in [0.717, 1.165) is 11.0 Å². The number of carbonyl (C=O) groups excluding carboxylic acids is 3. The van der Waals surface area contributed by atoms with E-state index in [0.29, 0.717) is 37.6 Å². The van der Waals surface area contributed by atoms with Crippen LogP contribution in [0.4, 0.5) is 4.79 Å². The Kier molecular flexibility index (Phi) is 7.44. The van der Waals surface area contributed by atoms with Gasteiger partial charge in [0.05, 0.1) is 4.91 Å². The molecule has 1 fully saturated rings. The van der Waals surface area contributed by atoms with Crippen LogP contribution in [0, 0.1) is 0 Å². The molecule has 0 saturated carbocycles. The van der Waals surface area contributed by atoms with Crippen LogP contribution in [0.1, 0.15) is 31.2 Å². The molecule has 1 saturated heterocycles. The molecule has 1 aromatic carbocycles. The number of nitrogens with zero attached hydrogens (tertiary/aromatic N) is 1. The molecule has 1 aliphatic heterocycles. The summed E-state index contributed by atoms with van der Waals surface area (Å²) < 4.78 is 0. The van der Waals surface area contributed by atoms with Gasteiger partial charge >= 0.3 is 5.97 Å². The van der Waals surface area contributed by atoms with Gasteiger partial charge in [-0.1, -0.05) is 6.42 Å². The largest absolute Gasteiger partial charge is 0.508 e. The van der Waals surface area contributed by atoms with Gasteiger partial charge < -0.3 is 20.6 Å². The molecule has 0 radical (unpaired) electrons. The summed E-state index contributed by atoms with van der Waals surface area (Å²) >= 11 is 0.658. The third kappa shape index (κ3) is 6.02. The van der Waals surface area contributed by atoms with Crippen molar-refractivity contribution in [3.8, 4) is 11.5 Å². The fraction of sp³-hybridized carbons (Fsp3) is 0.333. The van der Waals surface area contributed by atoms with Crippen molar-refractivity contribution in [3.63, 3.8) is 0 Å². The second-order valence-corrected chi connectivity index (χ2v) is 7.06. The number of unbranched alkanes of at least 4 members (excludes halogenated alkanes) is 2. The standard InChI is InChI=1S/C18H20N2O7S/c21-12-6-5-11(13(22)9-12)8-14-17(26)20(18(27)28-14)10-15(23)19-7-3-1-2-4-16(24)25/h5-6,8-9,21-22H,1-4,7,10H2,(H,19,23)(H,24,25)/b14-8-. The zero-order valence-corrected chi connectivity index (χ0v) is 15.7.